The predicted octanol–water partition coefficient (Wildman–Crippen LogP) is 4.26. The normalized spacial score (nSPS) is 15.7. The van der Waals surface area contributed by atoms with E-state index in [0.29, 0.717) is 0 Å². The van der Waals surface area contributed by atoms with Crippen LogP contribution in [0.3, 0.4) is 0 Å². The summed E-state index contributed by atoms with van der Waals surface area (Å²) < 4.78 is 12.1. The van der Waals surface area contributed by atoms with Crippen LogP contribution in [0.15, 0.2) is 48.8 Å². The smallest absolute Gasteiger partial charge is 0.123 e. The molecule has 1 saturated heterocycles. The lowest BCUT2D eigenvalue weighted by atomic mass is 9.97. The number of aromatic nitrogens is 1. The van der Waals surface area contributed by atoms with E-state index in [1.165, 1.54) is 56.3 Å². The largest absolute Gasteiger partial charge is 0.307 e. The Bertz CT molecular complexity index is 570. The maximum Gasteiger partial charge on any atom is 0.123 e. The van der Waals surface area contributed by atoms with Gasteiger partial charge >= 0.3 is 0 Å². The predicted molar refractivity (Wildman–Crippen MR) is 108 cm³/mol. The van der Waals surface area contributed by atoms with Crippen molar-refractivity contribution in [2.75, 3.05) is 13.6 Å². The Morgan fingerprint density at radius 2 is 1.78 bits per heavy atom. The van der Waals surface area contributed by atoms with Gasteiger partial charge in [0, 0.05) is 18.4 Å². The molecule has 0 spiro atoms. The molecule has 148 valence electrons. The lowest BCUT2D eigenvalue weighted by Gasteiger charge is -2.32. The highest BCUT2D eigenvalue weighted by Gasteiger charge is 2.18. The van der Waals surface area contributed by atoms with E-state index in [9.17, 15) is 4.39 Å². The van der Waals surface area contributed by atoms with Gasteiger partial charge in [-0.1, -0.05) is 30.2 Å². The molecule has 4 nitrogen and oxygen atoms in total. The van der Waals surface area contributed by atoms with Crippen LogP contribution in [0.1, 0.15) is 36.8 Å². The molecule has 5 heteroatoms. The number of hydrogen-bond acceptors (Lipinski definition) is 4. The van der Waals surface area contributed by atoms with Gasteiger partial charge in [-0.15, -0.1) is 0 Å². The van der Waals surface area contributed by atoms with E-state index in [4.69, 9.17) is 9.59 Å². The molecular formula is C22H31FN2O2. The standard InChI is InChI=1S/C13H20N2.C7H7F.2CH2O/c1-15-10-3-2-6-13(15)8-7-12-5-4-9-14-11-12;1-6-2-4-7(8)5-3-6;2*1-2/h4-5,9,11,13H,2-3,6-8,10H2,1H3;2-5H,1H3;2*1H2. The Balaban J connectivity index is 0.000000477. The first-order chi connectivity index (χ1) is 13.1. The summed E-state index contributed by atoms with van der Waals surface area (Å²) in [4.78, 5) is 22.7. The van der Waals surface area contributed by atoms with Gasteiger partial charge in [0.2, 0.25) is 0 Å². The number of carbonyl (C=O) groups excluding carboxylic acids is 2. The minimum absolute atomic E-state index is 0.171. The van der Waals surface area contributed by atoms with E-state index >= 15 is 0 Å². The molecule has 27 heavy (non-hydrogen) atoms. The average Bonchev–Trinajstić information content (AvgIpc) is 2.74. The SMILES string of the molecule is C=O.C=O.CN1CCCCC1CCc1cccnc1.Cc1ccc(F)cc1. The summed E-state index contributed by atoms with van der Waals surface area (Å²) in [6, 6.07) is 11.4. The zero-order chi connectivity index (χ0) is 20.5. The Hall–Kier alpha value is -2.40. The maximum atomic E-state index is 12.1. The van der Waals surface area contributed by atoms with Gasteiger partial charge in [0.15, 0.2) is 0 Å². The van der Waals surface area contributed by atoms with Crippen molar-refractivity contribution in [3.8, 4) is 0 Å². The summed E-state index contributed by atoms with van der Waals surface area (Å²) in [6.45, 7) is 7.21. The Morgan fingerprint density at radius 1 is 1.11 bits per heavy atom. The molecule has 0 saturated carbocycles. The molecule has 0 aliphatic carbocycles. The lowest BCUT2D eigenvalue weighted by molar-refractivity contribution is -0.0987. The van der Waals surface area contributed by atoms with Gasteiger partial charge in [-0.25, -0.2) is 4.39 Å². The zero-order valence-corrected chi connectivity index (χ0v) is 16.4. The van der Waals surface area contributed by atoms with Crippen molar-refractivity contribution in [3.05, 3.63) is 65.7 Å². The number of aryl methyl sites for hydroxylation is 2. The third kappa shape index (κ3) is 11.0. The van der Waals surface area contributed by atoms with Crippen molar-refractivity contribution in [1.29, 1.82) is 0 Å². The summed E-state index contributed by atoms with van der Waals surface area (Å²) >= 11 is 0. The third-order valence-electron chi connectivity index (χ3n) is 4.42. The minimum atomic E-state index is -0.171. The zero-order valence-electron chi connectivity index (χ0n) is 16.4. The van der Waals surface area contributed by atoms with E-state index in [1.807, 2.05) is 39.0 Å². The first-order valence-electron chi connectivity index (χ1n) is 9.04. The summed E-state index contributed by atoms with van der Waals surface area (Å²) in [6.07, 6.45) is 10.4. The number of pyridine rings is 1. The molecule has 1 unspecified atom stereocenters. The molecule has 2 heterocycles. The van der Waals surface area contributed by atoms with Gasteiger partial charge in [0.25, 0.3) is 0 Å². The Morgan fingerprint density at radius 3 is 2.30 bits per heavy atom. The monoisotopic (exact) mass is 374 g/mol. The first kappa shape index (κ1) is 24.6. The number of nitrogens with zero attached hydrogens (tertiary/aromatic N) is 2. The number of likely N-dealkylation sites (tertiary alicyclic amines) is 1. The number of rotatable bonds is 3. The van der Waals surface area contributed by atoms with Crippen LogP contribution in [-0.4, -0.2) is 43.1 Å². The lowest BCUT2D eigenvalue weighted by Crippen LogP contribution is -2.36. The van der Waals surface area contributed by atoms with E-state index in [1.54, 1.807) is 12.1 Å². The van der Waals surface area contributed by atoms with Crippen molar-refractivity contribution in [1.82, 2.24) is 9.88 Å². The van der Waals surface area contributed by atoms with Crippen LogP contribution >= 0.6 is 0 Å². The van der Waals surface area contributed by atoms with Gasteiger partial charge in [-0.2, -0.15) is 0 Å². The molecule has 1 aromatic carbocycles. The van der Waals surface area contributed by atoms with Gasteiger partial charge in [0.1, 0.15) is 19.4 Å². The molecule has 0 bridgehead atoms. The van der Waals surface area contributed by atoms with E-state index < -0.39 is 0 Å². The van der Waals surface area contributed by atoms with E-state index in [0.717, 1.165) is 11.6 Å². The van der Waals surface area contributed by atoms with Gasteiger partial charge < -0.3 is 14.5 Å². The molecule has 1 aromatic heterocycles. The maximum absolute atomic E-state index is 12.1. The molecule has 0 amide bonds. The number of piperidine rings is 1. The number of carbonyl (C=O) groups is 2. The molecule has 1 aliphatic rings. The molecule has 0 N–H and O–H groups in total. The highest BCUT2D eigenvalue weighted by molar-refractivity contribution is 5.13. The highest BCUT2D eigenvalue weighted by Crippen LogP contribution is 2.19. The Labute approximate surface area is 162 Å². The quantitative estimate of drug-likeness (QED) is 0.805. The second-order valence-corrected chi connectivity index (χ2v) is 6.33. The number of hydrogen-bond donors (Lipinski definition) is 0. The average molecular weight is 375 g/mol. The van der Waals surface area contributed by atoms with Crippen LogP contribution in [-0.2, 0) is 16.0 Å². The van der Waals surface area contributed by atoms with Crippen molar-refractivity contribution in [2.24, 2.45) is 0 Å². The molecule has 1 fully saturated rings. The molecular weight excluding hydrogens is 343 g/mol. The molecule has 0 radical (unpaired) electrons. The Kier molecular flexibility index (Phi) is 14.4. The summed E-state index contributed by atoms with van der Waals surface area (Å²) in [5, 5.41) is 0. The van der Waals surface area contributed by atoms with Crippen molar-refractivity contribution in [2.45, 2.75) is 45.1 Å². The van der Waals surface area contributed by atoms with Gasteiger partial charge in [-0.05, 0) is 70.0 Å². The van der Waals surface area contributed by atoms with Gasteiger partial charge in [0.05, 0.1) is 0 Å². The van der Waals surface area contributed by atoms with Crippen LogP contribution < -0.4 is 0 Å². The summed E-state index contributed by atoms with van der Waals surface area (Å²) in [5.74, 6) is -0.171. The van der Waals surface area contributed by atoms with Crippen LogP contribution in [0.4, 0.5) is 4.39 Å². The van der Waals surface area contributed by atoms with Crippen LogP contribution in [0.2, 0.25) is 0 Å². The fourth-order valence-electron chi connectivity index (χ4n) is 2.92. The third-order valence-corrected chi connectivity index (χ3v) is 4.42. The molecule has 1 atom stereocenters. The van der Waals surface area contributed by atoms with Crippen LogP contribution in [0.5, 0.6) is 0 Å². The second kappa shape index (κ2) is 15.8. The number of halogens is 1. The first-order valence-corrected chi connectivity index (χ1v) is 9.04. The van der Waals surface area contributed by atoms with Crippen molar-refractivity contribution < 1.29 is 14.0 Å². The van der Waals surface area contributed by atoms with Crippen molar-refractivity contribution in [3.63, 3.8) is 0 Å². The van der Waals surface area contributed by atoms with E-state index in [2.05, 4.69) is 23.0 Å². The topological polar surface area (TPSA) is 50.3 Å². The van der Waals surface area contributed by atoms with Gasteiger partial charge in [-0.3, -0.25) is 4.98 Å². The highest BCUT2D eigenvalue weighted by atomic mass is 19.1. The molecule has 2 aromatic rings. The second-order valence-electron chi connectivity index (χ2n) is 6.33. The van der Waals surface area contributed by atoms with Crippen LogP contribution in [0.25, 0.3) is 0 Å². The summed E-state index contributed by atoms with van der Waals surface area (Å²) in [5.41, 5.74) is 2.46. The fourth-order valence-corrected chi connectivity index (χ4v) is 2.92. The summed E-state index contributed by atoms with van der Waals surface area (Å²) in [7, 11) is 2.26. The fraction of sp³-hybridized carbons (Fsp3) is 0.409. The molecule has 3 rings (SSSR count). The number of benzene rings is 1. The van der Waals surface area contributed by atoms with E-state index in [-0.39, 0.29) is 5.82 Å². The molecule has 1 aliphatic heterocycles. The van der Waals surface area contributed by atoms with Crippen molar-refractivity contribution >= 4 is 13.6 Å². The minimum Gasteiger partial charge on any atom is -0.307 e. The van der Waals surface area contributed by atoms with Crippen LogP contribution in [0, 0.1) is 12.7 Å².